The molecule has 0 saturated carbocycles. The standard InChI is InChI=1S/C22H28FN5O/c1-17-24-9-6-21(25-17)27-10-7-18(8-11-27)16-26-12-14-28(15-13-26)22(29)19-2-4-20(23)5-3-19/h2-6,9,18H,7-8,10-16H2,1H3. The Bertz CT molecular complexity index is 827. The summed E-state index contributed by atoms with van der Waals surface area (Å²) in [5.74, 6) is 2.22. The molecule has 29 heavy (non-hydrogen) atoms. The summed E-state index contributed by atoms with van der Waals surface area (Å²) in [4.78, 5) is 28.0. The number of aromatic nitrogens is 2. The molecule has 7 heteroatoms. The van der Waals surface area contributed by atoms with Crippen LogP contribution >= 0.6 is 0 Å². The lowest BCUT2D eigenvalue weighted by atomic mass is 9.96. The first-order valence-corrected chi connectivity index (χ1v) is 10.4. The molecule has 6 nitrogen and oxygen atoms in total. The van der Waals surface area contributed by atoms with E-state index in [1.165, 1.54) is 12.1 Å². The number of nitrogens with zero attached hydrogens (tertiary/aromatic N) is 5. The molecule has 3 heterocycles. The Hall–Kier alpha value is -2.54. The number of hydrogen-bond acceptors (Lipinski definition) is 5. The van der Waals surface area contributed by atoms with Crippen LogP contribution in [0.25, 0.3) is 0 Å². The molecule has 1 aromatic carbocycles. The molecule has 4 rings (SSSR count). The highest BCUT2D eigenvalue weighted by molar-refractivity contribution is 5.94. The van der Waals surface area contributed by atoms with Gasteiger partial charge in [0.25, 0.3) is 5.91 Å². The van der Waals surface area contributed by atoms with Gasteiger partial charge in [-0.25, -0.2) is 14.4 Å². The summed E-state index contributed by atoms with van der Waals surface area (Å²) in [5.41, 5.74) is 0.562. The minimum atomic E-state index is -0.313. The minimum absolute atomic E-state index is 0.00176. The minimum Gasteiger partial charge on any atom is -0.356 e. The van der Waals surface area contributed by atoms with Crippen molar-refractivity contribution in [3.8, 4) is 0 Å². The van der Waals surface area contributed by atoms with Gasteiger partial charge in [-0.05, 0) is 56.0 Å². The van der Waals surface area contributed by atoms with Crippen LogP contribution in [0.4, 0.5) is 10.2 Å². The average molecular weight is 397 g/mol. The zero-order chi connectivity index (χ0) is 20.2. The number of piperazine rings is 1. The van der Waals surface area contributed by atoms with E-state index in [2.05, 4.69) is 19.8 Å². The molecular formula is C22H28FN5O. The second-order valence-corrected chi connectivity index (χ2v) is 7.99. The highest BCUT2D eigenvalue weighted by Crippen LogP contribution is 2.23. The predicted molar refractivity (Wildman–Crippen MR) is 110 cm³/mol. The highest BCUT2D eigenvalue weighted by atomic mass is 19.1. The second-order valence-electron chi connectivity index (χ2n) is 7.99. The van der Waals surface area contributed by atoms with E-state index in [1.54, 1.807) is 12.1 Å². The van der Waals surface area contributed by atoms with Crippen molar-refractivity contribution in [2.24, 2.45) is 5.92 Å². The normalized spacial score (nSPS) is 18.8. The first-order valence-electron chi connectivity index (χ1n) is 10.4. The maximum absolute atomic E-state index is 13.1. The number of benzene rings is 1. The molecule has 1 amide bonds. The van der Waals surface area contributed by atoms with E-state index in [-0.39, 0.29) is 11.7 Å². The van der Waals surface area contributed by atoms with Crippen LogP contribution in [0.1, 0.15) is 29.0 Å². The van der Waals surface area contributed by atoms with Crippen LogP contribution in [0, 0.1) is 18.7 Å². The van der Waals surface area contributed by atoms with Gasteiger partial charge in [0.2, 0.25) is 0 Å². The summed E-state index contributed by atoms with van der Waals surface area (Å²) in [7, 11) is 0. The molecule has 2 aliphatic heterocycles. The number of rotatable bonds is 4. The van der Waals surface area contributed by atoms with Crippen LogP contribution in [0.15, 0.2) is 36.5 Å². The molecule has 0 bridgehead atoms. The van der Waals surface area contributed by atoms with Gasteiger partial charge in [-0.3, -0.25) is 9.69 Å². The van der Waals surface area contributed by atoms with E-state index in [0.717, 1.165) is 70.3 Å². The number of carbonyl (C=O) groups excluding carboxylic acids is 1. The van der Waals surface area contributed by atoms with Crippen molar-refractivity contribution < 1.29 is 9.18 Å². The van der Waals surface area contributed by atoms with Gasteiger partial charge in [0.05, 0.1) is 0 Å². The molecule has 0 radical (unpaired) electrons. The summed E-state index contributed by atoms with van der Waals surface area (Å²) in [5, 5.41) is 0. The Morgan fingerprint density at radius 2 is 1.72 bits per heavy atom. The van der Waals surface area contributed by atoms with Gasteiger partial charge in [-0.15, -0.1) is 0 Å². The first kappa shape index (κ1) is 19.8. The van der Waals surface area contributed by atoms with Crippen LogP contribution in [0.3, 0.4) is 0 Å². The maximum atomic E-state index is 13.1. The Morgan fingerprint density at radius 1 is 1.03 bits per heavy atom. The Morgan fingerprint density at radius 3 is 2.38 bits per heavy atom. The van der Waals surface area contributed by atoms with Crippen LogP contribution in [0.2, 0.25) is 0 Å². The molecule has 0 aliphatic carbocycles. The summed E-state index contributed by atoms with van der Waals surface area (Å²) in [6.45, 7) is 8.35. The first-order chi connectivity index (χ1) is 14.1. The SMILES string of the molecule is Cc1nccc(N2CCC(CN3CCN(C(=O)c4ccc(F)cc4)CC3)CC2)n1. The molecule has 0 atom stereocenters. The zero-order valence-corrected chi connectivity index (χ0v) is 16.9. The quantitative estimate of drug-likeness (QED) is 0.794. The molecule has 1 aromatic heterocycles. The van der Waals surface area contributed by atoms with Crippen molar-refractivity contribution in [3.05, 3.63) is 53.7 Å². The van der Waals surface area contributed by atoms with Crippen LogP contribution < -0.4 is 4.90 Å². The fourth-order valence-corrected chi connectivity index (χ4v) is 4.24. The van der Waals surface area contributed by atoms with E-state index in [4.69, 9.17) is 0 Å². The number of aryl methyl sites for hydroxylation is 1. The van der Waals surface area contributed by atoms with E-state index in [0.29, 0.717) is 11.5 Å². The number of hydrogen-bond donors (Lipinski definition) is 0. The topological polar surface area (TPSA) is 52.6 Å². The van der Waals surface area contributed by atoms with Crippen molar-refractivity contribution >= 4 is 11.7 Å². The van der Waals surface area contributed by atoms with Gasteiger partial charge >= 0.3 is 0 Å². The third-order valence-corrected chi connectivity index (χ3v) is 5.97. The molecule has 2 aliphatic rings. The lowest BCUT2D eigenvalue weighted by Gasteiger charge is -2.39. The Kier molecular flexibility index (Phi) is 6.04. The van der Waals surface area contributed by atoms with E-state index < -0.39 is 0 Å². The predicted octanol–water partition coefficient (Wildman–Crippen LogP) is 2.60. The molecule has 2 saturated heterocycles. The Labute approximate surface area is 171 Å². The molecule has 0 spiro atoms. The molecular weight excluding hydrogens is 369 g/mol. The third kappa shape index (κ3) is 4.90. The molecule has 154 valence electrons. The summed E-state index contributed by atoms with van der Waals surface area (Å²) in [6.07, 6.45) is 4.16. The molecule has 2 aromatic rings. The smallest absolute Gasteiger partial charge is 0.253 e. The van der Waals surface area contributed by atoms with Crippen LogP contribution in [0.5, 0.6) is 0 Å². The second kappa shape index (κ2) is 8.86. The van der Waals surface area contributed by atoms with Crippen molar-refractivity contribution in [1.29, 1.82) is 0 Å². The number of amides is 1. The molecule has 0 unspecified atom stereocenters. The van der Waals surface area contributed by atoms with Crippen molar-refractivity contribution in [2.75, 3.05) is 50.7 Å². The number of piperidine rings is 1. The van der Waals surface area contributed by atoms with Gasteiger partial charge in [0.1, 0.15) is 17.5 Å². The van der Waals surface area contributed by atoms with Crippen LogP contribution in [-0.2, 0) is 0 Å². The molecule has 0 N–H and O–H groups in total. The lowest BCUT2D eigenvalue weighted by molar-refractivity contribution is 0.0610. The number of anilines is 1. The zero-order valence-electron chi connectivity index (χ0n) is 16.9. The van der Waals surface area contributed by atoms with Crippen LogP contribution in [-0.4, -0.2) is 71.5 Å². The average Bonchev–Trinajstić information content (AvgIpc) is 2.75. The Balaban J connectivity index is 1.22. The lowest BCUT2D eigenvalue weighted by Crippen LogP contribution is -2.50. The molecule has 2 fully saturated rings. The fourth-order valence-electron chi connectivity index (χ4n) is 4.24. The maximum Gasteiger partial charge on any atom is 0.253 e. The van der Waals surface area contributed by atoms with E-state index in [9.17, 15) is 9.18 Å². The van der Waals surface area contributed by atoms with Gasteiger partial charge in [-0.2, -0.15) is 0 Å². The van der Waals surface area contributed by atoms with Crippen molar-refractivity contribution in [2.45, 2.75) is 19.8 Å². The highest BCUT2D eigenvalue weighted by Gasteiger charge is 2.26. The van der Waals surface area contributed by atoms with Gasteiger partial charge in [-0.1, -0.05) is 0 Å². The van der Waals surface area contributed by atoms with Crippen molar-refractivity contribution in [1.82, 2.24) is 19.8 Å². The van der Waals surface area contributed by atoms with Gasteiger partial charge in [0.15, 0.2) is 0 Å². The van der Waals surface area contributed by atoms with E-state index in [1.807, 2.05) is 24.1 Å². The van der Waals surface area contributed by atoms with E-state index >= 15 is 0 Å². The summed E-state index contributed by atoms with van der Waals surface area (Å²) >= 11 is 0. The van der Waals surface area contributed by atoms with Crippen molar-refractivity contribution in [3.63, 3.8) is 0 Å². The number of halogens is 1. The third-order valence-electron chi connectivity index (χ3n) is 5.97. The summed E-state index contributed by atoms with van der Waals surface area (Å²) in [6, 6.07) is 7.82. The monoisotopic (exact) mass is 397 g/mol. The van der Waals surface area contributed by atoms with Gasteiger partial charge < -0.3 is 9.80 Å². The largest absolute Gasteiger partial charge is 0.356 e. The van der Waals surface area contributed by atoms with Gasteiger partial charge in [0, 0.05) is 57.6 Å². The fraction of sp³-hybridized carbons (Fsp3) is 0.500. The summed E-state index contributed by atoms with van der Waals surface area (Å²) < 4.78 is 13.1. The number of carbonyl (C=O) groups is 1.